The average molecular weight is 429 g/mol. The quantitative estimate of drug-likeness (QED) is 0.325. The summed E-state index contributed by atoms with van der Waals surface area (Å²) >= 11 is 0. The molecule has 10 nitrogen and oxygen atoms in total. The number of rotatable bonds is 8. The molecule has 2 heterocycles. The molecule has 0 amide bonds. The highest BCUT2D eigenvalue weighted by atomic mass is 16.9. The zero-order chi connectivity index (χ0) is 21.8. The van der Waals surface area contributed by atoms with Crippen molar-refractivity contribution in [3.05, 3.63) is 56.7 Å². The number of aromatic hydroxyl groups is 1. The Morgan fingerprint density at radius 3 is 2.61 bits per heavy atom. The number of phenolic OH excluding ortho intramolecular Hbond substituents is 1. The summed E-state index contributed by atoms with van der Waals surface area (Å²) in [6.07, 6.45) is 0.942. The molecule has 0 spiro atoms. The van der Waals surface area contributed by atoms with Crippen LogP contribution in [0.3, 0.4) is 0 Å². The fourth-order valence-electron chi connectivity index (χ4n) is 3.20. The van der Waals surface area contributed by atoms with Crippen LogP contribution < -0.4 is 19.6 Å². The maximum Gasteiger partial charge on any atom is 0.294 e. The molecule has 0 radical (unpaired) electrons. The van der Waals surface area contributed by atoms with Gasteiger partial charge in [-0.25, -0.2) is 0 Å². The van der Waals surface area contributed by atoms with Crippen LogP contribution in [0.5, 0.6) is 23.0 Å². The molecule has 4 rings (SSSR count). The second kappa shape index (κ2) is 8.82. The summed E-state index contributed by atoms with van der Waals surface area (Å²) in [5.74, 6) is 1.54. The zero-order valence-corrected chi connectivity index (χ0v) is 16.4. The van der Waals surface area contributed by atoms with Crippen LogP contribution in [0.2, 0.25) is 0 Å². The van der Waals surface area contributed by atoms with Gasteiger partial charge in [0.05, 0.1) is 13.2 Å². The second-order valence-electron chi connectivity index (χ2n) is 6.76. The van der Waals surface area contributed by atoms with Crippen LogP contribution in [0.25, 0.3) is 22.3 Å². The number of benzene rings is 2. The fraction of sp³-hybridized carbons (Fsp3) is 0.286. The lowest BCUT2D eigenvalue weighted by atomic mass is 10.1. The summed E-state index contributed by atoms with van der Waals surface area (Å²) in [5, 5.41) is 19.6. The SMILES string of the molecule is O=c1cc(-c2ccc3c(c2)OCCO3)oc2cc(OCCCCO[N+](=O)[O-])cc(O)c12. The predicted molar refractivity (Wildman–Crippen MR) is 108 cm³/mol. The van der Waals surface area contributed by atoms with Crippen molar-refractivity contribution in [2.24, 2.45) is 0 Å². The van der Waals surface area contributed by atoms with E-state index >= 15 is 0 Å². The number of fused-ring (bicyclic) bond motifs is 2. The molecule has 0 aliphatic carbocycles. The van der Waals surface area contributed by atoms with Gasteiger partial charge in [-0.1, -0.05) is 0 Å². The Balaban J connectivity index is 1.56. The van der Waals surface area contributed by atoms with Gasteiger partial charge in [-0.2, -0.15) is 0 Å². The molecule has 10 heteroatoms. The smallest absolute Gasteiger partial charge is 0.294 e. The molecule has 0 bridgehead atoms. The summed E-state index contributed by atoms with van der Waals surface area (Å²) in [6.45, 7) is 1.14. The van der Waals surface area contributed by atoms with Crippen LogP contribution in [0.1, 0.15) is 12.8 Å². The van der Waals surface area contributed by atoms with Crippen molar-refractivity contribution in [2.45, 2.75) is 12.8 Å². The Bertz CT molecular complexity index is 1170. The van der Waals surface area contributed by atoms with E-state index in [1.807, 2.05) is 0 Å². The van der Waals surface area contributed by atoms with Crippen molar-refractivity contribution in [1.82, 2.24) is 0 Å². The van der Waals surface area contributed by atoms with E-state index in [0.29, 0.717) is 54.6 Å². The lowest BCUT2D eigenvalue weighted by molar-refractivity contribution is -0.757. The summed E-state index contributed by atoms with van der Waals surface area (Å²) in [4.78, 5) is 26.9. The Morgan fingerprint density at radius 2 is 1.81 bits per heavy atom. The molecule has 0 atom stereocenters. The van der Waals surface area contributed by atoms with Gasteiger partial charge >= 0.3 is 0 Å². The van der Waals surface area contributed by atoms with Gasteiger partial charge in [0.15, 0.2) is 16.9 Å². The third-order valence-electron chi connectivity index (χ3n) is 4.61. The van der Waals surface area contributed by atoms with Crippen molar-refractivity contribution < 1.29 is 33.7 Å². The molecule has 2 aromatic carbocycles. The van der Waals surface area contributed by atoms with E-state index in [1.54, 1.807) is 18.2 Å². The van der Waals surface area contributed by atoms with E-state index in [1.165, 1.54) is 18.2 Å². The van der Waals surface area contributed by atoms with Crippen LogP contribution in [0, 0.1) is 10.1 Å². The number of hydrogen-bond donors (Lipinski definition) is 1. The minimum Gasteiger partial charge on any atom is -0.507 e. The first kappa shape index (κ1) is 20.3. The Kier molecular flexibility index (Phi) is 5.78. The van der Waals surface area contributed by atoms with Gasteiger partial charge in [-0.3, -0.25) is 4.79 Å². The number of nitrogens with zero attached hydrogens (tertiary/aromatic N) is 1. The molecule has 0 saturated carbocycles. The highest BCUT2D eigenvalue weighted by molar-refractivity contribution is 5.86. The summed E-state index contributed by atoms with van der Waals surface area (Å²) in [7, 11) is 0. The first-order valence-electron chi connectivity index (χ1n) is 9.62. The van der Waals surface area contributed by atoms with E-state index in [9.17, 15) is 20.0 Å². The lowest BCUT2D eigenvalue weighted by Gasteiger charge is -2.18. The summed E-state index contributed by atoms with van der Waals surface area (Å²) < 4.78 is 22.5. The average Bonchev–Trinajstić information content (AvgIpc) is 2.75. The largest absolute Gasteiger partial charge is 0.507 e. The van der Waals surface area contributed by atoms with Crippen LogP contribution >= 0.6 is 0 Å². The molecule has 0 unspecified atom stereocenters. The monoisotopic (exact) mass is 429 g/mol. The minimum atomic E-state index is -0.844. The lowest BCUT2D eigenvalue weighted by Crippen LogP contribution is -2.15. The van der Waals surface area contributed by atoms with Gasteiger partial charge in [-0.15, -0.1) is 10.1 Å². The van der Waals surface area contributed by atoms with Crippen LogP contribution in [0.15, 0.2) is 45.6 Å². The van der Waals surface area contributed by atoms with Gasteiger partial charge in [0.1, 0.15) is 41.4 Å². The van der Waals surface area contributed by atoms with Crippen LogP contribution in [-0.2, 0) is 4.84 Å². The number of hydrogen-bond acceptors (Lipinski definition) is 9. The van der Waals surface area contributed by atoms with Crippen molar-refractivity contribution >= 4 is 11.0 Å². The number of phenols is 1. The van der Waals surface area contributed by atoms with Crippen molar-refractivity contribution in [3.8, 4) is 34.3 Å². The molecular weight excluding hydrogens is 410 g/mol. The third-order valence-corrected chi connectivity index (χ3v) is 4.61. The van der Waals surface area contributed by atoms with E-state index in [-0.39, 0.29) is 29.9 Å². The molecule has 1 aromatic heterocycles. The first-order valence-corrected chi connectivity index (χ1v) is 9.62. The maximum atomic E-state index is 12.6. The van der Waals surface area contributed by atoms with E-state index in [0.717, 1.165) is 0 Å². The molecule has 1 N–H and O–H groups in total. The summed E-state index contributed by atoms with van der Waals surface area (Å²) in [6, 6.07) is 9.38. The number of unbranched alkanes of at least 4 members (excludes halogenated alkanes) is 1. The fourth-order valence-corrected chi connectivity index (χ4v) is 3.20. The van der Waals surface area contributed by atoms with Crippen LogP contribution in [0.4, 0.5) is 0 Å². The topological polar surface area (TPSA) is 130 Å². The number of ether oxygens (including phenoxy) is 3. The van der Waals surface area contributed by atoms with E-state index in [2.05, 4.69) is 4.84 Å². The molecular formula is C21H19NO9. The zero-order valence-electron chi connectivity index (χ0n) is 16.4. The van der Waals surface area contributed by atoms with Gasteiger partial charge in [0, 0.05) is 23.8 Å². The van der Waals surface area contributed by atoms with Crippen molar-refractivity contribution in [3.63, 3.8) is 0 Å². The van der Waals surface area contributed by atoms with E-state index < -0.39 is 10.5 Å². The molecule has 3 aromatic rings. The summed E-state index contributed by atoms with van der Waals surface area (Å²) in [5.41, 5.74) is 0.399. The van der Waals surface area contributed by atoms with Gasteiger partial charge in [0.2, 0.25) is 0 Å². The molecule has 0 saturated heterocycles. The standard InChI is InChI=1S/C21H19NO9/c23-15-10-14(27-5-1-2-6-30-22(25)26)11-20-21(15)16(24)12-18(31-20)13-3-4-17-19(9-13)29-8-7-28-17/h3-4,9-12,23H,1-2,5-8H2. The minimum absolute atomic E-state index is 0.0207. The molecule has 0 fully saturated rings. The van der Waals surface area contributed by atoms with Crippen LogP contribution in [-0.4, -0.2) is 36.6 Å². The second-order valence-corrected chi connectivity index (χ2v) is 6.76. The Morgan fingerprint density at radius 1 is 1.03 bits per heavy atom. The normalized spacial score (nSPS) is 12.5. The Labute approximate surface area is 175 Å². The Hall–Kier alpha value is -3.95. The molecule has 31 heavy (non-hydrogen) atoms. The third kappa shape index (κ3) is 4.63. The van der Waals surface area contributed by atoms with Gasteiger partial charge in [0.25, 0.3) is 5.09 Å². The van der Waals surface area contributed by atoms with Gasteiger partial charge < -0.3 is 28.6 Å². The van der Waals surface area contributed by atoms with Crippen molar-refractivity contribution in [2.75, 3.05) is 26.4 Å². The molecule has 162 valence electrons. The molecule has 1 aliphatic heterocycles. The predicted octanol–water partition coefficient (Wildman–Crippen LogP) is 3.30. The molecule has 1 aliphatic rings. The van der Waals surface area contributed by atoms with E-state index in [4.69, 9.17) is 18.6 Å². The first-order chi connectivity index (χ1) is 15.0. The maximum absolute atomic E-state index is 12.6. The highest BCUT2D eigenvalue weighted by Crippen LogP contribution is 2.36. The van der Waals surface area contributed by atoms with Crippen molar-refractivity contribution in [1.29, 1.82) is 0 Å². The highest BCUT2D eigenvalue weighted by Gasteiger charge is 2.16. The van der Waals surface area contributed by atoms with Gasteiger partial charge in [-0.05, 0) is 31.0 Å².